The number of nitrogens with zero attached hydrogens (tertiary/aromatic N) is 2. The maximum absolute atomic E-state index is 9.27. The first-order valence-corrected chi connectivity index (χ1v) is 5.19. The normalized spacial score (nSPS) is 11.8. The van der Waals surface area contributed by atoms with Crippen molar-refractivity contribution in [1.29, 1.82) is 5.26 Å². The van der Waals surface area contributed by atoms with Crippen LogP contribution in [0.1, 0.15) is 22.7 Å². The Bertz CT molecular complexity index is 512. The summed E-state index contributed by atoms with van der Waals surface area (Å²) >= 11 is 0. The number of aromatic nitrogens is 1. The van der Waals surface area contributed by atoms with Crippen LogP contribution in [0, 0.1) is 18.3 Å². The second kappa shape index (κ2) is 4.59. The van der Waals surface area contributed by atoms with Gasteiger partial charge in [-0.1, -0.05) is 30.3 Å². The Hall–Kier alpha value is -2.14. The molecule has 0 spiro atoms. The molecule has 0 aliphatic heterocycles. The molecule has 0 fully saturated rings. The molecule has 0 saturated heterocycles. The molecule has 1 aromatic carbocycles. The van der Waals surface area contributed by atoms with Crippen molar-refractivity contribution in [2.75, 3.05) is 0 Å². The fraction of sp³-hybridized carbons (Fsp3) is 0.143. The topological polar surface area (TPSA) is 36.7 Å². The first-order chi connectivity index (χ1) is 7.83. The van der Waals surface area contributed by atoms with Crippen molar-refractivity contribution in [2.24, 2.45) is 0 Å². The summed E-state index contributed by atoms with van der Waals surface area (Å²) in [5.41, 5.74) is 2.96. The maximum atomic E-state index is 9.27. The molecule has 1 unspecified atom stereocenters. The Morgan fingerprint density at radius 2 is 1.88 bits per heavy atom. The Balaban J connectivity index is 2.47. The van der Waals surface area contributed by atoms with Gasteiger partial charge in [-0.15, -0.1) is 0 Å². The molecule has 0 bridgehead atoms. The van der Waals surface area contributed by atoms with Gasteiger partial charge in [0.15, 0.2) is 0 Å². The highest BCUT2D eigenvalue weighted by Gasteiger charge is 2.15. The number of benzene rings is 1. The van der Waals surface area contributed by atoms with E-state index in [0.29, 0.717) is 0 Å². The molecule has 78 valence electrons. The summed E-state index contributed by atoms with van der Waals surface area (Å²) in [6.07, 6.45) is 1.72. The van der Waals surface area contributed by atoms with E-state index in [9.17, 15) is 5.26 Å². The minimum atomic E-state index is -0.276. The van der Waals surface area contributed by atoms with Crippen LogP contribution >= 0.6 is 0 Å². The van der Waals surface area contributed by atoms with E-state index in [1.165, 1.54) is 0 Å². The lowest BCUT2D eigenvalue weighted by Gasteiger charge is -2.11. The number of hydrogen-bond acceptors (Lipinski definition) is 2. The Labute approximate surface area is 95.2 Å². The van der Waals surface area contributed by atoms with Crippen LogP contribution in [-0.4, -0.2) is 4.98 Å². The molecule has 2 nitrogen and oxygen atoms in total. The highest BCUT2D eigenvalue weighted by atomic mass is 14.7. The van der Waals surface area contributed by atoms with Crippen molar-refractivity contribution < 1.29 is 0 Å². The number of hydrogen-bond donors (Lipinski definition) is 0. The fourth-order valence-corrected chi connectivity index (χ4v) is 1.75. The molecule has 0 saturated carbocycles. The number of rotatable bonds is 2. The lowest BCUT2D eigenvalue weighted by Crippen LogP contribution is -2.02. The van der Waals surface area contributed by atoms with Crippen molar-refractivity contribution in [3.05, 3.63) is 65.5 Å². The van der Waals surface area contributed by atoms with E-state index in [1.54, 1.807) is 6.20 Å². The maximum Gasteiger partial charge on any atom is 0.114 e. The van der Waals surface area contributed by atoms with E-state index in [0.717, 1.165) is 16.8 Å². The van der Waals surface area contributed by atoms with Crippen molar-refractivity contribution >= 4 is 0 Å². The van der Waals surface area contributed by atoms with E-state index >= 15 is 0 Å². The molecule has 2 heteroatoms. The average Bonchev–Trinajstić information content (AvgIpc) is 2.34. The SMILES string of the molecule is Cc1ccccc1C(C#N)c1ccccn1. The summed E-state index contributed by atoms with van der Waals surface area (Å²) in [4.78, 5) is 4.24. The Kier molecular flexibility index (Phi) is 2.98. The fourth-order valence-electron chi connectivity index (χ4n) is 1.75. The zero-order chi connectivity index (χ0) is 11.4. The summed E-state index contributed by atoms with van der Waals surface area (Å²) in [5.74, 6) is -0.276. The lowest BCUT2D eigenvalue weighted by atomic mass is 9.93. The van der Waals surface area contributed by atoms with Crippen LogP contribution < -0.4 is 0 Å². The van der Waals surface area contributed by atoms with Gasteiger partial charge in [0.25, 0.3) is 0 Å². The Morgan fingerprint density at radius 3 is 2.50 bits per heavy atom. The van der Waals surface area contributed by atoms with Crippen LogP contribution in [0.2, 0.25) is 0 Å². The van der Waals surface area contributed by atoms with Gasteiger partial charge in [0.2, 0.25) is 0 Å². The Morgan fingerprint density at radius 1 is 1.12 bits per heavy atom. The summed E-state index contributed by atoms with van der Waals surface area (Å²) in [7, 11) is 0. The molecule has 1 heterocycles. The lowest BCUT2D eigenvalue weighted by molar-refractivity contribution is 0.954. The molecule has 0 aliphatic rings. The molecule has 1 aromatic heterocycles. The van der Waals surface area contributed by atoms with Crippen LogP contribution in [-0.2, 0) is 0 Å². The predicted molar refractivity (Wildman–Crippen MR) is 62.9 cm³/mol. The molecular weight excluding hydrogens is 196 g/mol. The smallest absolute Gasteiger partial charge is 0.114 e. The first kappa shape index (κ1) is 10.4. The van der Waals surface area contributed by atoms with Gasteiger partial charge < -0.3 is 0 Å². The molecule has 0 radical (unpaired) electrons. The molecular formula is C14H12N2. The molecule has 0 N–H and O–H groups in total. The second-order valence-corrected chi connectivity index (χ2v) is 3.67. The van der Waals surface area contributed by atoms with Gasteiger partial charge >= 0.3 is 0 Å². The largest absolute Gasteiger partial charge is 0.260 e. The molecule has 2 rings (SSSR count). The third-order valence-corrected chi connectivity index (χ3v) is 2.61. The highest BCUT2D eigenvalue weighted by Crippen LogP contribution is 2.24. The van der Waals surface area contributed by atoms with Gasteiger partial charge in [-0.05, 0) is 30.2 Å². The van der Waals surface area contributed by atoms with Gasteiger partial charge in [0.1, 0.15) is 5.92 Å². The zero-order valence-corrected chi connectivity index (χ0v) is 9.09. The number of aryl methyl sites for hydroxylation is 1. The number of pyridine rings is 1. The van der Waals surface area contributed by atoms with Crippen molar-refractivity contribution in [3.63, 3.8) is 0 Å². The van der Waals surface area contributed by atoms with E-state index in [2.05, 4.69) is 11.1 Å². The third kappa shape index (κ3) is 1.94. The van der Waals surface area contributed by atoms with Crippen LogP contribution in [0.3, 0.4) is 0 Å². The monoisotopic (exact) mass is 208 g/mol. The average molecular weight is 208 g/mol. The zero-order valence-electron chi connectivity index (χ0n) is 9.09. The summed E-state index contributed by atoms with van der Waals surface area (Å²) < 4.78 is 0. The second-order valence-electron chi connectivity index (χ2n) is 3.67. The van der Waals surface area contributed by atoms with E-state index in [4.69, 9.17) is 0 Å². The van der Waals surface area contributed by atoms with Crippen LogP contribution in [0.5, 0.6) is 0 Å². The predicted octanol–water partition coefficient (Wildman–Crippen LogP) is 3.05. The van der Waals surface area contributed by atoms with Gasteiger partial charge in [-0.3, -0.25) is 4.98 Å². The van der Waals surface area contributed by atoms with Crippen molar-refractivity contribution in [3.8, 4) is 6.07 Å². The van der Waals surface area contributed by atoms with Crippen molar-refractivity contribution in [1.82, 2.24) is 4.98 Å². The van der Waals surface area contributed by atoms with Gasteiger partial charge in [0, 0.05) is 6.20 Å². The molecule has 0 amide bonds. The number of nitriles is 1. The molecule has 1 atom stereocenters. The molecule has 2 aromatic rings. The van der Waals surface area contributed by atoms with Gasteiger partial charge in [0.05, 0.1) is 11.8 Å². The van der Waals surface area contributed by atoms with Crippen molar-refractivity contribution in [2.45, 2.75) is 12.8 Å². The van der Waals surface area contributed by atoms with E-state index < -0.39 is 0 Å². The van der Waals surface area contributed by atoms with E-state index in [1.807, 2.05) is 49.4 Å². The molecule has 0 aliphatic carbocycles. The van der Waals surface area contributed by atoms with E-state index in [-0.39, 0.29) is 5.92 Å². The molecule has 16 heavy (non-hydrogen) atoms. The third-order valence-electron chi connectivity index (χ3n) is 2.61. The van der Waals surface area contributed by atoms with Gasteiger partial charge in [-0.2, -0.15) is 5.26 Å². The minimum Gasteiger partial charge on any atom is -0.260 e. The van der Waals surface area contributed by atoms with Crippen LogP contribution in [0.15, 0.2) is 48.7 Å². The summed E-state index contributed by atoms with van der Waals surface area (Å²) in [5, 5.41) is 9.27. The van der Waals surface area contributed by atoms with Gasteiger partial charge in [-0.25, -0.2) is 0 Å². The summed E-state index contributed by atoms with van der Waals surface area (Å²) in [6, 6.07) is 15.9. The highest BCUT2D eigenvalue weighted by molar-refractivity contribution is 5.39. The minimum absolute atomic E-state index is 0.276. The van der Waals surface area contributed by atoms with Crippen LogP contribution in [0.4, 0.5) is 0 Å². The first-order valence-electron chi connectivity index (χ1n) is 5.19. The standard InChI is InChI=1S/C14H12N2/c1-11-6-2-3-7-12(11)13(10-15)14-8-4-5-9-16-14/h2-9,13H,1H3. The summed E-state index contributed by atoms with van der Waals surface area (Å²) in [6.45, 7) is 2.02. The van der Waals surface area contributed by atoms with Crippen LogP contribution in [0.25, 0.3) is 0 Å². The quantitative estimate of drug-likeness (QED) is 0.760.